The third-order valence-corrected chi connectivity index (χ3v) is 6.35. The van der Waals surface area contributed by atoms with Crippen molar-refractivity contribution in [3.8, 4) is 17.0 Å². The number of pyridine rings is 1. The van der Waals surface area contributed by atoms with Crippen molar-refractivity contribution in [1.29, 1.82) is 0 Å². The number of ether oxygens (including phenoxy) is 1. The largest absolute Gasteiger partial charge is 0.497 e. The van der Waals surface area contributed by atoms with E-state index in [2.05, 4.69) is 37.3 Å². The summed E-state index contributed by atoms with van der Waals surface area (Å²) in [5.41, 5.74) is 5.28. The number of carbonyl (C=O) groups excluding carboxylic acids is 1. The molecule has 4 aromatic rings. The average Bonchev–Trinajstić information content (AvgIpc) is 2.95. The number of benzene rings is 2. The second kappa shape index (κ2) is 10.4. The maximum atomic E-state index is 13.3. The molecule has 1 saturated heterocycles. The van der Waals surface area contributed by atoms with Gasteiger partial charge in [-0.15, -0.1) is 0 Å². The van der Waals surface area contributed by atoms with Gasteiger partial charge in [0.05, 0.1) is 12.8 Å². The van der Waals surface area contributed by atoms with Crippen LogP contribution in [0.2, 0.25) is 0 Å². The Kier molecular flexibility index (Phi) is 6.75. The zero-order valence-corrected chi connectivity index (χ0v) is 20.4. The number of hydrogen-bond donors (Lipinski definition) is 1. The summed E-state index contributed by atoms with van der Waals surface area (Å²) in [4.78, 5) is 30.7. The standard InChI is InChI=1S/C28H28N6O2/c1-20-5-6-21(18-26(20)32-28-30-13-11-25(31-28)22-4-3-12-29-19-22)27(35)34-16-14-33(15-17-34)23-7-9-24(36-2)10-8-23/h3-13,18-19H,14-17H2,1-2H3,(H,30,31,32). The summed E-state index contributed by atoms with van der Waals surface area (Å²) in [6.07, 6.45) is 5.21. The SMILES string of the molecule is COc1ccc(N2CCN(C(=O)c3ccc(C)c(Nc4nccc(-c5cccnc5)n4)c3)CC2)cc1. The number of amides is 1. The van der Waals surface area contributed by atoms with Crippen molar-refractivity contribution in [1.82, 2.24) is 19.9 Å². The molecule has 182 valence electrons. The molecule has 5 rings (SSSR count). The van der Waals surface area contributed by atoms with Crippen LogP contribution in [0.5, 0.6) is 5.75 Å². The van der Waals surface area contributed by atoms with Crippen LogP contribution >= 0.6 is 0 Å². The van der Waals surface area contributed by atoms with Gasteiger partial charge in [-0.05, 0) is 67.1 Å². The number of aryl methyl sites for hydroxylation is 1. The third kappa shape index (κ3) is 5.12. The Morgan fingerprint density at radius 2 is 1.78 bits per heavy atom. The molecule has 0 bridgehead atoms. The van der Waals surface area contributed by atoms with E-state index in [0.29, 0.717) is 24.6 Å². The Labute approximate surface area is 210 Å². The Bertz CT molecular complexity index is 1340. The molecule has 8 nitrogen and oxygen atoms in total. The molecule has 0 saturated carbocycles. The normalized spacial score (nSPS) is 13.4. The predicted octanol–water partition coefficient (Wildman–Crippen LogP) is 4.56. The van der Waals surface area contributed by atoms with Crippen LogP contribution in [-0.4, -0.2) is 59.0 Å². The molecule has 2 aromatic heterocycles. The molecule has 3 heterocycles. The van der Waals surface area contributed by atoms with Crippen LogP contribution in [0.25, 0.3) is 11.3 Å². The van der Waals surface area contributed by atoms with Crippen LogP contribution in [0.15, 0.2) is 79.3 Å². The van der Waals surface area contributed by atoms with Crippen LogP contribution in [0.3, 0.4) is 0 Å². The number of piperazine rings is 1. The van der Waals surface area contributed by atoms with Gasteiger partial charge >= 0.3 is 0 Å². The average molecular weight is 481 g/mol. The van der Waals surface area contributed by atoms with E-state index in [1.807, 2.05) is 60.4 Å². The van der Waals surface area contributed by atoms with E-state index in [4.69, 9.17) is 4.74 Å². The number of carbonyl (C=O) groups is 1. The van der Waals surface area contributed by atoms with Gasteiger partial charge in [-0.3, -0.25) is 9.78 Å². The Hall–Kier alpha value is -4.46. The second-order valence-corrected chi connectivity index (χ2v) is 8.64. The summed E-state index contributed by atoms with van der Waals surface area (Å²) < 4.78 is 5.25. The quantitative estimate of drug-likeness (QED) is 0.433. The van der Waals surface area contributed by atoms with Crippen LogP contribution in [0.1, 0.15) is 15.9 Å². The Morgan fingerprint density at radius 1 is 0.972 bits per heavy atom. The Balaban J connectivity index is 1.27. The van der Waals surface area contributed by atoms with Gasteiger partial charge in [0.25, 0.3) is 5.91 Å². The zero-order chi connectivity index (χ0) is 24.9. The van der Waals surface area contributed by atoms with Gasteiger partial charge in [-0.25, -0.2) is 9.97 Å². The molecule has 0 radical (unpaired) electrons. The first kappa shape index (κ1) is 23.3. The lowest BCUT2D eigenvalue weighted by Crippen LogP contribution is -2.48. The second-order valence-electron chi connectivity index (χ2n) is 8.64. The molecule has 0 atom stereocenters. The molecule has 1 fully saturated rings. The lowest BCUT2D eigenvalue weighted by Gasteiger charge is -2.36. The molecule has 2 aromatic carbocycles. The number of anilines is 3. The topological polar surface area (TPSA) is 83.5 Å². The minimum Gasteiger partial charge on any atom is -0.497 e. The summed E-state index contributed by atoms with van der Waals surface area (Å²) in [5, 5.41) is 3.29. The maximum Gasteiger partial charge on any atom is 0.254 e. The van der Waals surface area contributed by atoms with Crippen LogP contribution in [0.4, 0.5) is 17.3 Å². The number of nitrogens with zero attached hydrogens (tertiary/aromatic N) is 5. The lowest BCUT2D eigenvalue weighted by molar-refractivity contribution is 0.0747. The lowest BCUT2D eigenvalue weighted by atomic mass is 10.1. The highest BCUT2D eigenvalue weighted by atomic mass is 16.5. The maximum absolute atomic E-state index is 13.3. The minimum absolute atomic E-state index is 0.0254. The molecule has 0 aliphatic carbocycles. The van der Waals surface area contributed by atoms with Crippen molar-refractivity contribution < 1.29 is 9.53 Å². The zero-order valence-electron chi connectivity index (χ0n) is 20.4. The fourth-order valence-electron chi connectivity index (χ4n) is 4.25. The van der Waals surface area contributed by atoms with Crippen molar-refractivity contribution in [2.75, 3.05) is 43.5 Å². The van der Waals surface area contributed by atoms with Crippen molar-refractivity contribution in [3.63, 3.8) is 0 Å². The van der Waals surface area contributed by atoms with E-state index in [1.54, 1.807) is 25.7 Å². The third-order valence-electron chi connectivity index (χ3n) is 6.35. The molecule has 0 spiro atoms. The molecule has 36 heavy (non-hydrogen) atoms. The predicted molar refractivity (Wildman–Crippen MR) is 141 cm³/mol. The summed E-state index contributed by atoms with van der Waals surface area (Å²) in [6.45, 7) is 4.89. The van der Waals surface area contributed by atoms with E-state index >= 15 is 0 Å². The summed E-state index contributed by atoms with van der Waals surface area (Å²) in [7, 11) is 1.66. The van der Waals surface area contributed by atoms with Gasteiger partial charge in [0, 0.05) is 67.3 Å². The van der Waals surface area contributed by atoms with Gasteiger partial charge in [-0.2, -0.15) is 0 Å². The number of hydrogen-bond acceptors (Lipinski definition) is 7. The number of aromatic nitrogens is 3. The van der Waals surface area contributed by atoms with E-state index in [0.717, 1.165) is 47.0 Å². The van der Waals surface area contributed by atoms with E-state index in [9.17, 15) is 4.79 Å². The minimum atomic E-state index is 0.0254. The molecule has 1 amide bonds. The number of rotatable bonds is 6. The molecule has 1 N–H and O–H groups in total. The molecular formula is C28H28N6O2. The first-order valence-electron chi connectivity index (χ1n) is 11.9. The van der Waals surface area contributed by atoms with E-state index in [1.165, 1.54) is 0 Å². The Morgan fingerprint density at radius 3 is 2.50 bits per heavy atom. The van der Waals surface area contributed by atoms with Crippen molar-refractivity contribution in [3.05, 3.63) is 90.4 Å². The summed E-state index contributed by atoms with van der Waals surface area (Å²) >= 11 is 0. The van der Waals surface area contributed by atoms with Crippen molar-refractivity contribution in [2.45, 2.75) is 6.92 Å². The van der Waals surface area contributed by atoms with Gasteiger partial charge < -0.3 is 19.9 Å². The van der Waals surface area contributed by atoms with Crippen molar-refractivity contribution >= 4 is 23.2 Å². The first-order chi connectivity index (χ1) is 17.6. The van der Waals surface area contributed by atoms with Crippen LogP contribution in [-0.2, 0) is 0 Å². The summed E-state index contributed by atoms with van der Waals surface area (Å²) in [5.74, 6) is 1.33. The summed E-state index contributed by atoms with van der Waals surface area (Å²) in [6, 6.07) is 19.4. The van der Waals surface area contributed by atoms with Gasteiger partial charge in [-0.1, -0.05) is 6.07 Å². The first-order valence-corrected chi connectivity index (χ1v) is 11.9. The molecule has 0 unspecified atom stereocenters. The van der Waals surface area contributed by atoms with Crippen LogP contribution < -0.4 is 15.0 Å². The van der Waals surface area contributed by atoms with E-state index < -0.39 is 0 Å². The molecule has 1 aliphatic rings. The van der Waals surface area contributed by atoms with Gasteiger partial charge in [0.15, 0.2) is 0 Å². The molecule has 8 heteroatoms. The fraction of sp³-hybridized carbons (Fsp3) is 0.214. The smallest absolute Gasteiger partial charge is 0.254 e. The highest BCUT2D eigenvalue weighted by Crippen LogP contribution is 2.24. The van der Waals surface area contributed by atoms with Crippen LogP contribution in [0, 0.1) is 6.92 Å². The number of methoxy groups -OCH3 is 1. The highest BCUT2D eigenvalue weighted by Gasteiger charge is 2.23. The van der Waals surface area contributed by atoms with Gasteiger partial charge in [0.1, 0.15) is 5.75 Å². The molecule has 1 aliphatic heterocycles. The highest BCUT2D eigenvalue weighted by molar-refractivity contribution is 5.95. The fourth-order valence-corrected chi connectivity index (χ4v) is 4.25. The molecular weight excluding hydrogens is 452 g/mol. The van der Waals surface area contributed by atoms with E-state index in [-0.39, 0.29) is 5.91 Å². The monoisotopic (exact) mass is 480 g/mol. The van der Waals surface area contributed by atoms with Crippen molar-refractivity contribution in [2.24, 2.45) is 0 Å². The number of nitrogens with one attached hydrogen (secondary N) is 1. The van der Waals surface area contributed by atoms with Gasteiger partial charge in [0.2, 0.25) is 5.95 Å².